The predicted molar refractivity (Wildman–Crippen MR) is 69.4 cm³/mol. The number of fused-ring (bicyclic) bond motifs is 1. The zero-order chi connectivity index (χ0) is 10.7. The van der Waals surface area contributed by atoms with E-state index in [1.807, 2.05) is 0 Å². The summed E-state index contributed by atoms with van der Waals surface area (Å²) in [4.78, 5) is 0. The van der Waals surface area contributed by atoms with Gasteiger partial charge in [-0.1, -0.05) is 24.3 Å². The second-order valence-corrected chi connectivity index (χ2v) is 4.52. The smallest absolute Gasteiger partial charge is 0.0595 e. The molecule has 1 aliphatic carbocycles. The minimum atomic E-state index is 0.150. The van der Waals surface area contributed by atoms with Crippen LogP contribution in [-0.4, -0.2) is 23.8 Å². The van der Waals surface area contributed by atoms with Gasteiger partial charge in [-0.15, -0.1) is 0 Å². The van der Waals surface area contributed by atoms with Gasteiger partial charge in [0.25, 0.3) is 0 Å². The first-order chi connectivity index (χ1) is 7.35. The molecule has 0 bridgehead atoms. The normalized spacial score (nSPS) is 29.6. The lowest BCUT2D eigenvalue weighted by atomic mass is 9.88. The van der Waals surface area contributed by atoms with E-state index in [-0.39, 0.29) is 12.6 Å². The highest BCUT2D eigenvalue weighted by Gasteiger charge is 2.27. The molecule has 2 aliphatic rings. The Balaban J connectivity index is 1.99. The van der Waals surface area contributed by atoms with Crippen LogP contribution in [0.5, 0.6) is 0 Å². The van der Waals surface area contributed by atoms with Crippen molar-refractivity contribution in [2.45, 2.75) is 18.5 Å². The highest BCUT2D eigenvalue weighted by molar-refractivity contribution is 14.1. The molecule has 0 aromatic rings. The third kappa shape index (κ3) is 2.43. The summed E-state index contributed by atoms with van der Waals surface area (Å²) >= 11 is 2.09. The number of halogens is 1. The van der Waals surface area contributed by atoms with Crippen LogP contribution in [0, 0.1) is 5.92 Å². The molecule has 0 radical (unpaired) electrons. The number of aliphatic hydroxyl groups excluding tert-OH is 1. The maximum Gasteiger partial charge on any atom is 0.0595 e. The number of nitrogens with one attached hydrogen (secondary N) is 2. The minimum Gasteiger partial charge on any atom is -0.395 e. The van der Waals surface area contributed by atoms with Crippen molar-refractivity contribution < 1.29 is 5.11 Å². The Morgan fingerprint density at radius 3 is 3.00 bits per heavy atom. The van der Waals surface area contributed by atoms with E-state index in [4.69, 9.17) is 5.11 Å². The fourth-order valence-corrected chi connectivity index (χ4v) is 2.45. The summed E-state index contributed by atoms with van der Waals surface area (Å²) in [6, 6.07) is 0.565. The summed E-state index contributed by atoms with van der Waals surface area (Å²) in [6.45, 7) is 0.178. The number of hydrogen-bond acceptors (Lipinski definition) is 3. The highest BCUT2D eigenvalue weighted by atomic mass is 127. The number of hydrogen-bond donors (Lipinski definition) is 3. The molecule has 82 valence electrons. The Morgan fingerprint density at radius 2 is 2.27 bits per heavy atom. The average Bonchev–Trinajstić information content (AvgIpc) is 2.69. The Morgan fingerprint density at radius 1 is 1.47 bits per heavy atom. The molecule has 3 N–H and O–H groups in total. The lowest BCUT2D eigenvalue weighted by molar-refractivity contribution is 0.259. The summed E-state index contributed by atoms with van der Waals surface area (Å²) in [7, 11) is 0. The molecule has 0 saturated heterocycles. The second-order valence-electron chi connectivity index (χ2n) is 3.90. The standard InChI is InChI=1S/C11H15IN2O/c12-14-9(7-15)5-8-6-13-11-4-2-1-3-10(8)11/h1-4,6,9-11,13-15H,5,7H2/t9-,10?,11?/m0/s1. The van der Waals surface area contributed by atoms with Gasteiger partial charge in [0.15, 0.2) is 0 Å². The summed E-state index contributed by atoms with van der Waals surface area (Å²) in [5.74, 6) is 0.466. The van der Waals surface area contributed by atoms with Crippen molar-refractivity contribution in [1.29, 1.82) is 0 Å². The van der Waals surface area contributed by atoms with Crippen LogP contribution in [0.4, 0.5) is 0 Å². The molecule has 0 spiro atoms. The van der Waals surface area contributed by atoms with Crippen LogP contribution in [0.15, 0.2) is 36.1 Å². The quantitative estimate of drug-likeness (QED) is 0.540. The van der Waals surface area contributed by atoms with Crippen molar-refractivity contribution >= 4 is 22.9 Å². The van der Waals surface area contributed by atoms with E-state index in [1.54, 1.807) is 0 Å². The predicted octanol–water partition coefficient (Wildman–Crippen LogP) is 1.27. The van der Waals surface area contributed by atoms with Gasteiger partial charge in [-0.25, -0.2) is 0 Å². The Hall–Kier alpha value is -0.330. The third-order valence-electron chi connectivity index (χ3n) is 2.88. The van der Waals surface area contributed by atoms with E-state index in [2.05, 4.69) is 62.2 Å². The van der Waals surface area contributed by atoms with Gasteiger partial charge in [0.1, 0.15) is 0 Å². The van der Waals surface area contributed by atoms with Crippen LogP contribution < -0.4 is 8.85 Å². The zero-order valence-electron chi connectivity index (χ0n) is 8.36. The van der Waals surface area contributed by atoms with Crippen LogP contribution in [0.1, 0.15) is 6.42 Å². The second kappa shape index (κ2) is 5.14. The first kappa shape index (κ1) is 11.2. The van der Waals surface area contributed by atoms with E-state index < -0.39 is 0 Å². The summed E-state index contributed by atoms with van der Waals surface area (Å²) in [5, 5.41) is 12.5. The SMILES string of the molecule is OC[C@H](CC1=CNC2C=CC=CC12)NI. The van der Waals surface area contributed by atoms with E-state index in [9.17, 15) is 0 Å². The molecule has 2 unspecified atom stereocenters. The van der Waals surface area contributed by atoms with Gasteiger partial charge in [-0.2, -0.15) is 0 Å². The van der Waals surface area contributed by atoms with Crippen molar-refractivity contribution in [3.63, 3.8) is 0 Å². The fraction of sp³-hybridized carbons (Fsp3) is 0.455. The summed E-state index contributed by atoms with van der Waals surface area (Å²) in [6.07, 6.45) is 11.5. The Labute approximate surface area is 104 Å². The molecule has 4 heteroatoms. The van der Waals surface area contributed by atoms with Crippen molar-refractivity contribution in [3.05, 3.63) is 36.1 Å². The van der Waals surface area contributed by atoms with E-state index >= 15 is 0 Å². The molecule has 3 atom stereocenters. The third-order valence-corrected chi connectivity index (χ3v) is 3.76. The lowest BCUT2D eigenvalue weighted by Gasteiger charge is -2.21. The summed E-state index contributed by atoms with van der Waals surface area (Å²) in [5.41, 5.74) is 1.36. The van der Waals surface area contributed by atoms with Gasteiger partial charge in [-0.05, 0) is 18.2 Å². The minimum absolute atomic E-state index is 0.150. The van der Waals surface area contributed by atoms with Gasteiger partial charge < -0.3 is 10.4 Å². The molecular formula is C11H15IN2O. The van der Waals surface area contributed by atoms with Crippen molar-refractivity contribution in [3.8, 4) is 0 Å². The first-order valence-corrected chi connectivity index (χ1v) is 6.20. The van der Waals surface area contributed by atoms with Crippen LogP contribution in [-0.2, 0) is 0 Å². The maximum absolute atomic E-state index is 9.14. The van der Waals surface area contributed by atoms with Gasteiger partial charge in [-0.3, -0.25) is 3.53 Å². The molecule has 0 saturated carbocycles. The molecule has 0 aromatic heterocycles. The van der Waals surface area contributed by atoms with Gasteiger partial charge in [0, 0.05) is 34.8 Å². The molecule has 0 aromatic carbocycles. The first-order valence-electron chi connectivity index (χ1n) is 5.12. The van der Waals surface area contributed by atoms with E-state index in [0.717, 1.165) is 6.42 Å². The molecule has 0 amide bonds. The Kier molecular flexibility index (Phi) is 3.82. The zero-order valence-corrected chi connectivity index (χ0v) is 10.5. The van der Waals surface area contributed by atoms with Gasteiger partial charge in [0.2, 0.25) is 0 Å². The topological polar surface area (TPSA) is 44.3 Å². The Bertz CT molecular complexity index is 308. The summed E-state index contributed by atoms with van der Waals surface area (Å²) < 4.78 is 3.08. The largest absolute Gasteiger partial charge is 0.395 e. The van der Waals surface area contributed by atoms with Crippen molar-refractivity contribution in [1.82, 2.24) is 8.85 Å². The van der Waals surface area contributed by atoms with Crippen LogP contribution >= 0.6 is 22.9 Å². The van der Waals surface area contributed by atoms with Crippen LogP contribution in [0.2, 0.25) is 0 Å². The molecular weight excluding hydrogens is 303 g/mol. The monoisotopic (exact) mass is 318 g/mol. The maximum atomic E-state index is 9.14. The molecule has 1 heterocycles. The number of rotatable bonds is 4. The molecule has 0 fully saturated rings. The molecule has 1 aliphatic heterocycles. The lowest BCUT2D eigenvalue weighted by Crippen LogP contribution is -2.28. The van der Waals surface area contributed by atoms with Gasteiger partial charge >= 0.3 is 0 Å². The number of aliphatic hydroxyl groups is 1. The van der Waals surface area contributed by atoms with Crippen LogP contribution in [0.3, 0.4) is 0 Å². The average molecular weight is 318 g/mol. The van der Waals surface area contributed by atoms with Crippen molar-refractivity contribution in [2.24, 2.45) is 5.92 Å². The highest BCUT2D eigenvalue weighted by Crippen LogP contribution is 2.29. The molecule has 2 rings (SSSR count). The molecule has 3 nitrogen and oxygen atoms in total. The van der Waals surface area contributed by atoms with E-state index in [0.29, 0.717) is 12.0 Å². The fourth-order valence-electron chi connectivity index (χ4n) is 2.04. The molecule has 15 heavy (non-hydrogen) atoms. The van der Waals surface area contributed by atoms with Crippen LogP contribution in [0.25, 0.3) is 0 Å². The van der Waals surface area contributed by atoms with E-state index in [1.165, 1.54) is 5.57 Å². The van der Waals surface area contributed by atoms with Gasteiger partial charge in [0.05, 0.1) is 12.6 Å². The van der Waals surface area contributed by atoms with Crippen molar-refractivity contribution in [2.75, 3.05) is 6.61 Å². The number of allylic oxidation sites excluding steroid dienone is 2.